The number of hydrogen-bond acceptors (Lipinski definition) is 4. The number of rotatable bonds is 7. The second-order valence-corrected chi connectivity index (χ2v) is 5.75. The van der Waals surface area contributed by atoms with Crippen molar-refractivity contribution in [3.63, 3.8) is 0 Å². The number of nitrogens with zero attached hydrogens (tertiary/aromatic N) is 1. The third-order valence-electron chi connectivity index (χ3n) is 3.95. The Morgan fingerprint density at radius 3 is 2.77 bits per heavy atom. The molecule has 22 heavy (non-hydrogen) atoms. The Balaban J connectivity index is 1.97. The van der Waals surface area contributed by atoms with E-state index in [4.69, 9.17) is 10.5 Å². The van der Waals surface area contributed by atoms with Crippen LogP contribution in [-0.4, -0.2) is 49.4 Å². The molecule has 1 fully saturated rings. The van der Waals surface area contributed by atoms with E-state index in [1.54, 1.807) is 36.3 Å². The first-order valence-electron chi connectivity index (χ1n) is 7.79. The molecule has 0 aliphatic carbocycles. The van der Waals surface area contributed by atoms with Gasteiger partial charge >= 0.3 is 0 Å². The van der Waals surface area contributed by atoms with Crippen LogP contribution in [0.2, 0.25) is 0 Å². The van der Waals surface area contributed by atoms with Gasteiger partial charge in [-0.15, -0.1) is 0 Å². The van der Waals surface area contributed by atoms with E-state index < -0.39 is 0 Å². The molecule has 1 unspecified atom stereocenters. The van der Waals surface area contributed by atoms with E-state index >= 15 is 0 Å². The van der Waals surface area contributed by atoms with Gasteiger partial charge in [0.15, 0.2) is 5.78 Å². The summed E-state index contributed by atoms with van der Waals surface area (Å²) in [5.41, 5.74) is 7.01. The molecule has 1 aliphatic rings. The summed E-state index contributed by atoms with van der Waals surface area (Å²) in [5.74, 6) is 0.0332. The SMILES string of the molecule is COCCCCC(=O)c1cccc(C(=O)N2CCC(N)C2)c1. The first-order chi connectivity index (χ1) is 10.6. The van der Waals surface area contributed by atoms with E-state index in [0.717, 1.165) is 19.3 Å². The molecule has 1 atom stereocenters. The molecule has 1 heterocycles. The minimum absolute atomic E-state index is 0.0398. The number of carbonyl (C=O) groups excluding carboxylic acids is 2. The van der Waals surface area contributed by atoms with Gasteiger partial charge in [-0.25, -0.2) is 0 Å². The highest BCUT2D eigenvalue weighted by Crippen LogP contribution is 2.15. The van der Waals surface area contributed by atoms with Gasteiger partial charge in [-0.1, -0.05) is 12.1 Å². The molecular formula is C17H24N2O3. The van der Waals surface area contributed by atoms with Crippen molar-refractivity contribution in [1.29, 1.82) is 0 Å². The van der Waals surface area contributed by atoms with Gasteiger partial charge in [-0.2, -0.15) is 0 Å². The van der Waals surface area contributed by atoms with Gasteiger partial charge in [-0.3, -0.25) is 9.59 Å². The molecular weight excluding hydrogens is 280 g/mol. The number of Topliss-reactive ketones (excluding diaryl/α,β-unsaturated/α-hetero) is 1. The average Bonchev–Trinajstić information content (AvgIpc) is 2.97. The molecule has 1 aromatic rings. The van der Waals surface area contributed by atoms with Crippen molar-refractivity contribution in [3.8, 4) is 0 Å². The van der Waals surface area contributed by atoms with Gasteiger partial charge < -0.3 is 15.4 Å². The molecule has 2 N–H and O–H groups in total. The quantitative estimate of drug-likeness (QED) is 0.616. The largest absolute Gasteiger partial charge is 0.385 e. The summed E-state index contributed by atoms with van der Waals surface area (Å²) < 4.78 is 4.97. The molecule has 2 rings (SSSR count). The summed E-state index contributed by atoms with van der Waals surface area (Å²) in [5, 5.41) is 0. The number of methoxy groups -OCH3 is 1. The van der Waals surface area contributed by atoms with Gasteiger partial charge in [-0.05, 0) is 31.4 Å². The fraction of sp³-hybridized carbons (Fsp3) is 0.529. The zero-order chi connectivity index (χ0) is 15.9. The average molecular weight is 304 g/mol. The maximum atomic E-state index is 12.4. The third kappa shape index (κ3) is 4.39. The first-order valence-corrected chi connectivity index (χ1v) is 7.79. The Morgan fingerprint density at radius 1 is 1.32 bits per heavy atom. The summed E-state index contributed by atoms with van der Waals surface area (Å²) in [6.07, 6.45) is 2.98. The number of likely N-dealkylation sites (tertiary alicyclic amines) is 1. The molecule has 0 aromatic heterocycles. The molecule has 0 radical (unpaired) electrons. The maximum absolute atomic E-state index is 12.4. The van der Waals surface area contributed by atoms with E-state index in [-0.39, 0.29) is 17.7 Å². The molecule has 0 bridgehead atoms. The van der Waals surface area contributed by atoms with Crippen molar-refractivity contribution in [1.82, 2.24) is 4.90 Å². The van der Waals surface area contributed by atoms with Crippen LogP contribution in [0, 0.1) is 0 Å². The molecule has 5 nitrogen and oxygen atoms in total. The van der Waals surface area contributed by atoms with E-state index in [1.807, 2.05) is 0 Å². The molecule has 120 valence electrons. The number of ether oxygens (including phenoxy) is 1. The van der Waals surface area contributed by atoms with Crippen molar-refractivity contribution in [2.75, 3.05) is 26.8 Å². The molecule has 1 aliphatic heterocycles. The number of benzene rings is 1. The lowest BCUT2D eigenvalue weighted by Gasteiger charge is -2.16. The maximum Gasteiger partial charge on any atom is 0.253 e. The fourth-order valence-corrected chi connectivity index (χ4v) is 2.66. The van der Waals surface area contributed by atoms with Crippen LogP contribution in [0.1, 0.15) is 46.4 Å². The van der Waals surface area contributed by atoms with Crippen LogP contribution in [0.5, 0.6) is 0 Å². The molecule has 0 spiro atoms. The Hall–Kier alpha value is -1.72. The summed E-state index contributed by atoms with van der Waals surface area (Å²) >= 11 is 0. The summed E-state index contributed by atoms with van der Waals surface area (Å²) in [4.78, 5) is 26.3. The smallest absolute Gasteiger partial charge is 0.253 e. The fourth-order valence-electron chi connectivity index (χ4n) is 2.66. The number of carbonyl (C=O) groups is 2. The third-order valence-corrected chi connectivity index (χ3v) is 3.95. The normalized spacial score (nSPS) is 17.7. The van der Waals surface area contributed by atoms with E-state index in [1.165, 1.54) is 0 Å². The van der Waals surface area contributed by atoms with Gasteiger partial charge in [0.1, 0.15) is 0 Å². The summed E-state index contributed by atoms with van der Waals surface area (Å²) in [6.45, 7) is 1.95. The zero-order valence-corrected chi connectivity index (χ0v) is 13.1. The Kier molecular flexibility index (Phi) is 6.10. The number of nitrogens with two attached hydrogens (primary N) is 1. The van der Waals surface area contributed by atoms with Crippen LogP contribution < -0.4 is 5.73 Å². The predicted molar refractivity (Wildman–Crippen MR) is 85.0 cm³/mol. The van der Waals surface area contributed by atoms with Crippen molar-refractivity contribution < 1.29 is 14.3 Å². The van der Waals surface area contributed by atoms with Crippen LogP contribution in [0.4, 0.5) is 0 Å². The van der Waals surface area contributed by atoms with Gasteiger partial charge in [0.2, 0.25) is 0 Å². The number of hydrogen-bond donors (Lipinski definition) is 1. The molecule has 0 saturated carbocycles. The lowest BCUT2D eigenvalue weighted by Crippen LogP contribution is -2.31. The Labute approximate surface area is 131 Å². The molecule has 1 amide bonds. The minimum atomic E-state index is -0.0398. The van der Waals surface area contributed by atoms with Crippen molar-refractivity contribution >= 4 is 11.7 Å². The van der Waals surface area contributed by atoms with Crippen LogP contribution in [0.3, 0.4) is 0 Å². The lowest BCUT2D eigenvalue weighted by molar-refractivity contribution is 0.0791. The van der Waals surface area contributed by atoms with Crippen molar-refractivity contribution in [2.24, 2.45) is 5.73 Å². The Morgan fingerprint density at radius 2 is 2.09 bits per heavy atom. The van der Waals surface area contributed by atoms with Crippen molar-refractivity contribution in [2.45, 2.75) is 31.7 Å². The number of unbranched alkanes of at least 4 members (excludes halogenated alkanes) is 1. The summed E-state index contributed by atoms with van der Waals surface area (Å²) in [6, 6.07) is 7.06. The van der Waals surface area contributed by atoms with E-state index in [9.17, 15) is 9.59 Å². The van der Waals surface area contributed by atoms with Gasteiger partial charge in [0, 0.05) is 50.4 Å². The molecule has 1 saturated heterocycles. The minimum Gasteiger partial charge on any atom is -0.385 e. The molecule has 5 heteroatoms. The first kappa shape index (κ1) is 16.6. The van der Waals surface area contributed by atoms with Crippen LogP contribution in [-0.2, 0) is 4.74 Å². The van der Waals surface area contributed by atoms with E-state index in [0.29, 0.717) is 37.2 Å². The zero-order valence-electron chi connectivity index (χ0n) is 13.1. The Bertz CT molecular complexity index is 530. The van der Waals surface area contributed by atoms with Gasteiger partial charge in [0.05, 0.1) is 0 Å². The highest BCUT2D eigenvalue weighted by Gasteiger charge is 2.24. The lowest BCUT2D eigenvalue weighted by atomic mass is 10.0. The standard InChI is InChI=1S/C17H24N2O3/c1-22-10-3-2-7-16(20)13-5-4-6-14(11-13)17(21)19-9-8-15(18)12-19/h4-6,11,15H,2-3,7-10,12,18H2,1H3. The monoisotopic (exact) mass is 304 g/mol. The number of amides is 1. The second-order valence-electron chi connectivity index (χ2n) is 5.75. The predicted octanol–water partition coefficient (Wildman–Crippen LogP) is 1.86. The van der Waals surface area contributed by atoms with Crippen LogP contribution in [0.15, 0.2) is 24.3 Å². The second kappa shape index (κ2) is 8.06. The van der Waals surface area contributed by atoms with Gasteiger partial charge in [0.25, 0.3) is 5.91 Å². The topological polar surface area (TPSA) is 72.6 Å². The summed E-state index contributed by atoms with van der Waals surface area (Å²) in [7, 11) is 1.65. The van der Waals surface area contributed by atoms with Crippen LogP contribution >= 0.6 is 0 Å². The van der Waals surface area contributed by atoms with Crippen molar-refractivity contribution in [3.05, 3.63) is 35.4 Å². The highest BCUT2D eigenvalue weighted by molar-refractivity contribution is 6.00. The molecule has 1 aromatic carbocycles. The number of ketones is 1. The highest BCUT2D eigenvalue weighted by atomic mass is 16.5. The van der Waals surface area contributed by atoms with E-state index in [2.05, 4.69) is 0 Å². The van der Waals surface area contributed by atoms with Crippen LogP contribution in [0.25, 0.3) is 0 Å².